The smallest absolute Gasteiger partial charge is 0.330 e. The molecule has 0 amide bonds. The third-order valence-electron chi connectivity index (χ3n) is 4.06. The molecule has 0 saturated heterocycles. The predicted octanol–water partition coefficient (Wildman–Crippen LogP) is 3.17. The van der Waals surface area contributed by atoms with E-state index in [1.165, 1.54) is 12.2 Å². The average molecular weight is 308 g/mol. The van der Waals surface area contributed by atoms with Crippen molar-refractivity contribution in [2.24, 2.45) is 5.92 Å². The number of carbonyl (C=O) groups is 1. The predicted molar refractivity (Wildman–Crippen MR) is 87.4 cm³/mol. The molecule has 0 saturated carbocycles. The second kappa shape index (κ2) is 8.30. The van der Waals surface area contributed by atoms with E-state index < -0.39 is 11.6 Å². The molecule has 0 aromatic carbocycles. The topological polar surface area (TPSA) is 55.8 Å². The van der Waals surface area contributed by atoms with Gasteiger partial charge < -0.3 is 14.6 Å². The molecule has 124 valence electrons. The van der Waals surface area contributed by atoms with Crippen LogP contribution in [0, 0.1) is 5.92 Å². The SMILES string of the molecule is CO[C@H]1/C=C/[C@@](C)(O)/C=C/C(=O)O[C@H](C)[C@@H](C)CCC=C1C. The van der Waals surface area contributed by atoms with Gasteiger partial charge in [-0.3, -0.25) is 0 Å². The summed E-state index contributed by atoms with van der Waals surface area (Å²) in [5, 5.41) is 10.3. The lowest BCUT2D eigenvalue weighted by Gasteiger charge is -2.21. The number of ether oxygens (including phenoxy) is 2. The maximum Gasteiger partial charge on any atom is 0.330 e. The van der Waals surface area contributed by atoms with Gasteiger partial charge in [-0.2, -0.15) is 0 Å². The van der Waals surface area contributed by atoms with Gasteiger partial charge in [0, 0.05) is 13.2 Å². The van der Waals surface area contributed by atoms with Gasteiger partial charge in [0.25, 0.3) is 0 Å². The zero-order valence-corrected chi connectivity index (χ0v) is 14.2. The van der Waals surface area contributed by atoms with Crippen LogP contribution in [-0.4, -0.2) is 36.0 Å². The summed E-state index contributed by atoms with van der Waals surface area (Å²) >= 11 is 0. The molecular formula is C18H28O4. The van der Waals surface area contributed by atoms with Crippen LogP contribution < -0.4 is 0 Å². The Morgan fingerprint density at radius 3 is 2.68 bits per heavy atom. The van der Waals surface area contributed by atoms with Crippen LogP contribution in [0.3, 0.4) is 0 Å². The first-order valence-electron chi connectivity index (χ1n) is 7.76. The first-order chi connectivity index (χ1) is 10.2. The second-order valence-electron chi connectivity index (χ2n) is 6.22. The number of aliphatic hydroxyl groups is 1. The maximum atomic E-state index is 11.8. The Bertz CT molecular complexity index is 460. The monoisotopic (exact) mass is 308 g/mol. The summed E-state index contributed by atoms with van der Waals surface area (Å²) in [7, 11) is 1.64. The number of hydrogen-bond donors (Lipinski definition) is 1. The van der Waals surface area contributed by atoms with Crippen LogP contribution in [0.25, 0.3) is 0 Å². The lowest BCUT2D eigenvalue weighted by atomic mass is 9.97. The first kappa shape index (κ1) is 18.7. The Balaban J connectivity index is 3.04. The molecule has 0 unspecified atom stereocenters. The zero-order valence-electron chi connectivity index (χ0n) is 14.2. The molecule has 1 aliphatic rings. The lowest BCUT2D eigenvalue weighted by Crippen LogP contribution is -2.23. The lowest BCUT2D eigenvalue weighted by molar-refractivity contribution is -0.144. The molecule has 1 aliphatic heterocycles. The van der Waals surface area contributed by atoms with Crippen LogP contribution in [0.4, 0.5) is 0 Å². The van der Waals surface area contributed by atoms with Crippen molar-refractivity contribution in [3.05, 3.63) is 36.0 Å². The molecule has 0 aromatic rings. The molecule has 0 aromatic heterocycles. The van der Waals surface area contributed by atoms with E-state index >= 15 is 0 Å². The molecule has 0 bridgehead atoms. The molecule has 4 atom stereocenters. The van der Waals surface area contributed by atoms with Gasteiger partial charge in [0.2, 0.25) is 0 Å². The molecule has 1 heterocycles. The van der Waals surface area contributed by atoms with E-state index in [1.807, 2.05) is 13.8 Å². The molecular weight excluding hydrogens is 280 g/mol. The highest BCUT2D eigenvalue weighted by molar-refractivity contribution is 5.82. The van der Waals surface area contributed by atoms with E-state index in [4.69, 9.17) is 9.47 Å². The van der Waals surface area contributed by atoms with Crippen molar-refractivity contribution < 1.29 is 19.4 Å². The minimum absolute atomic E-state index is 0.160. The van der Waals surface area contributed by atoms with Gasteiger partial charge in [-0.15, -0.1) is 0 Å². The fraction of sp³-hybridized carbons (Fsp3) is 0.611. The quantitative estimate of drug-likeness (QED) is 0.597. The minimum atomic E-state index is -1.23. The summed E-state index contributed by atoms with van der Waals surface area (Å²) in [4.78, 5) is 11.8. The van der Waals surface area contributed by atoms with Crippen molar-refractivity contribution in [3.63, 3.8) is 0 Å². The van der Waals surface area contributed by atoms with Gasteiger partial charge in [0.05, 0.1) is 11.7 Å². The van der Waals surface area contributed by atoms with E-state index in [9.17, 15) is 9.90 Å². The van der Waals surface area contributed by atoms with Crippen molar-refractivity contribution in [2.45, 2.75) is 58.3 Å². The van der Waals surface area contributed by atoms with E-state index in [2.05, 4.69) is 13.0 Å². The van der Waals surface area contributed by atoms with E-state index in [-0.39, 0.29) is 18.1 Å². The summed E-state index contributed by atoms with van der Waals surface area (Å²) in [5.41, 5.74) is -0.123. The summed E-state index contributed by atoms with van der Waals surface area (Å²) in [6, 6.07) is 0. The van der Waals surface area contributed by atoms with Crippen LogP contribution in [-0.2, 0) is 14.3 Å². The molecule has 0 radical (unpaired) electrons. The molecule has 0 spiro atoms. The fourth-order valence-electron chi connectivity index (χ4n) is 2.25. The molecule has 1 N–H and O–H groups in total. The highest BCUT2D eigenvalue weighted by Crippen LogP contribution is 2.19. The van der Waals surface area contributed by atoms with Crippen LogP contribution in [0.5, 0.6) is 0 Å². The zero-order chi connectivity index (χ0) is 16.8. The standard InChI is InChI=1S/C18H28O4/c1-13-7-6-8-14(2)16(21-5)9-11-18(4,20)12-10-17(19)22-15(13)3/h8-13,15-16,20H,6-7H2,1-5H3/b11-9+,12-10+,14-8?/t13-,15+,16-,18+/m0/s1. The van der Waals surface area contributed by atoms with Crippen LogP contribution in [0.1, 0.15) is 40.5 Å². The van der Waals surface area contributed by atoms with E-state index in [0.717, 1.165) is 18.4 Å². The number of hydrogen-bond acceptors (Lipinski definition) is 4. The highest BCUT2D eigenvalue weighted by Gasteiger charge is 2.18. The Kier molecular flexibility index (Phi) is 7.04. The van der Waals surface area contributed by atoms with Crippen molar-refractivity contribution in [3.8, 4) is 0 Å². The number of esters is 1. The molecule has 4 nitrogen and oxygen atoms in total. The van der Waals surface area contributed by atoms with Crippen molar-refractivity contribution >= 4 is 5.97 Å². The molecule has 1 rings (SSSR count). The van der Waals surface area contributed by atoms with Crippen molar-refractivity contribution in [1.82, 2.24) is 0 Å². The van der Waals surface area contributed by atoms with Crippen LogP contribution >= 0.6 is 0 Å². The fourth-order valence-corrected chi connectivity index (χ4v) is 2.25. The summed E-state index contributed by atoms with van der Waals surface area (Å²) in [6.07, 6.45) is 9.78. The highest BCUT2D eigenvalue weighted by atomic mass is 16.5. The molecule has 0 fully saturated rings. The van der Waals surface area contributed by atoms with Gasteiger partial charge >= 0.3 is 5.97 Å². The van der Waals surface area contributed by atoms with Crippen molar-refractivity contribution in [1.29, 1.82) is 0 Å². The van der Waals surface area contributed by atoms with Crippen LogP contribution in [0.2, 0.25) is 0 Å². The Morgan fingerprint density at radius 1 is 1.36 bits per heavy atom. The van der Waals surface area contributed by atoms with Gasteiger partial charge in [0.15, 0.2) is 0 Å². The largest absolute Gasteiger partial charge is 0.459 e. The van der Waals surface area contributed by atoms with Gasteiger partial charge in [-0.1, -0.05) is 25.2 Å². The Labute approximate surface area is 133 Å². The van der Waals surface area contributed by atoms with E-state index in [0.29, 0.717) is 0 Å². The molecule has 4 heteroatoms. The van der Waals surface area contributed by atoms with Crippen molar-refractivity contribution in [2.75, 3.05) is 7.11 Å². The third kappa shape index (κ3) is 6.16. The Hall–Kier alpha value is -1.39. The normalized spacial score (nSPS) is 37.6. The number of carbonyl (C=O) groups excluding carboxylic acids is 1. The average Bonchev–Trinajstić information content (AvgIpc) is 2.44. The number of cyclic esters (lactones) is 1. The number of allylic oxidation sites excluding steroid dienone is 1. The summed E-state index contributed by atoms with van der Waals surface area (Å²) in [6.45, 7) is 7.59. The van der Waals surface area contributed by atoms with Gasteiger partial charge in [-0.05, 0) is 51.2 Å². The number of rotatable bonds is 1. The van der Waals surface area contributed by atoms with Crippen LogP contribution in [0.15, 0.2) is 36.0 Å². The third-order valence-corrected chi connectivity index (χ3v) is 4.06. The molecule has 22 heavy (non-hydrogen) atoms. The molecule has 0 aliphatic carbocycles. The van der Waals surface area contributed by atoms with Gasteiger partial charge in [0.1, 0.15) is 6.10 Å². The van der Waals surface area contributed by atoms with Gasteiger partial charge in [-0.25, -0.2) is 4.79 Å². The minimum Gasteiger partial charge on any atom is -0.459 e. The van der Waals surface area contributed by atoms with E-state index in [1.54, 1.807) is 26.2 Å². The maximum absolute atomic E-state index is 11.8. The Morgan fingerprint density at radius 2 is 2.05 bits per heavy atom. The second-order valence-corrected chi connectivity index (χ2v) is 6.22. The summed E-state index contributed by atoms with van der Waals surface area (Å²) < 4.78 is 10.8. The first-order valence-corrected chi connectivity index (χ1v) is 7.76. The number of methoxy groups -OCH3 is 1. The summed E-state index contributed by atoms with van der Waals surface area (Å²) in [5.74, 6) is -0.165.